The number of hydrogen-bond acceptors (Lipinski definition) is 3. The molecule has 0 saturated heterocycles. The van der Waals surface area contributed by atoms with Crippen LogP contribution in [0.25, 0.3) is 0 Å². The highest BCUT2D eigenvalue weighted by molar-refractivity contribution is 5.87. The predicted molar refractivity (Wildman–Crippen MR) is 57.4 cm³/mol. The van der Waals surface area contributed by atoms with Crippen molar-refractivity contribution in [2.75, 3.05) is 6.61 Å². The first-order chi connectivity index (χ1) is 7.24. The van der Waals surface area contributed by atoms with Gasteiger partial charge in [0.1, 0.15) is 5.78 Å². The zero-order valence-corrected chi connectivity index (χ0v) is 9.46. The van der Waals surface area contributed by atoms with Gasteiger partial charge in [0.15, 0.2) is 0 Å². The first-order valence-corrected chi connectivity index (χ1v) is 5.92. The minimum Gasteiger partial charge on any atom is -0.465 e. The third-order valence-corrected chi connectivity index (χ3v) is 2.82. The molecule has 0 N–H and O–H groups in total. The van der Waals surface area contributed by atoms with Gasteiger partial charge in [0.05, 0.1) is 12.5 Å². The number of unbranched alkanes of at least 4 members (excludes halogenated alkanes) is 3. The molecule has 1 fully saturated rings. The molecular weight excluding hydrogens is 192 g/mol. The Balaban J connectivity index is 2.06. The van der Waals surface area contributed by atoms with Gasteiger partial charge >= 0.3 is 5.97 Å². The van der Waals surface area contributed by atoms with Crippen molar-refractivity contribution in [3.63, 3.8) is 0 Å². The SMILES string of the molecule is CCCCCCOC(=O)C1CCC(=O)C1. The summed E-state index contributed by atoms with van der Waals surface area (Å²) < 4.78 is 5.13. The van der Waals surface area contributed by atoms with Crippen LogP contribution < -0.4 is 0 Å². The molecule has 1 rings (SSSR count). The lowest BCUT2D eigenvalue weighted by molar-refractivity contribution is -0.148. The molecule has 0 heterocycles. The lowest BCUT2D eigenvalue weighted by atomic mass is 10.1. The molecule has 0 radical (unpaired) electrons. The summed E-state index contributed by atoms with van der Waals surface area (Å²) in [6.07, 6.45) is 6.08. The summed E-state index contributed by atoms with van der Waals surface area (Å²) in [4.78, 5) is 22.4. The van der Waals surface area contributed by atoms with Crippen LogP contribution in [0.3, 0.4) is 0 Å². The lowest BCUT2D eigenvalue weighted by Gasteiger charge is -2.08. The summed E-state index contributed by atoms with van der Waals surface area (Å²) in [5, 5.41) is 0. The van der Waals surface area contributed by atoms with Crippen LogP contribution in [0, 0.1) is 5.92 Å². The highest BCUT2D eigenvalue weighted by Crippen LogP contribution is 2.23. The smallest absolute Gasteiger partial charge is 0.309 e. The van der Waals surface area contributed by atoms with Gasteiger partial charge in [0.25, 0.3) is 0 Å². The molecule has 0 aliphatic heterocycles. The molecule has 3 heteroatoms. The maximum Gasteiger partial charge on any atom is 0.309 e. The van der Waals surface area contributed by atoms with Crippen LogP contribution in [0.1, 0.15) is 51.9 Å². The Kier molecular flexibility index (Phi) is 5.37. The molecule has 0 aromatic heterocycles. The minimum absolute atomic E-state index is 0.149. The molecule has 0 spiro atoms. The van der Waals surface area contributed by atoms with Crippen molar-refractivity contribution in [3.05, 3.63) is 0 Å². The molecule has 0 amide bonds. The van der Waals surface area contributed by atoms with Crippen molar-refractivity contribution in [1.29, 1.82) is 0 Å². The van der Waals surface area contributed by atoms with E-state index in [1.807, 2.05) is 0 Å². The largest absolute Gasteiger partial charge is 0.465 e. The van der Waals surface area contributed by atoms with E-state index in [0.717, 1.165) is 12.8 Å². The van der Waals surface area contributed by atoms with Crippen molar-refractivity contribution >= 4 is 11.8 Å². The Hall–Kier alpha value is -0.860. The zero-order valence-electron chi connectivity index (χ0n) is 9.46. The number of carbonyl (C=O) groups is 2. The Morgan fingerprint density at radius 1 is 1.40 bits per heavy atom. The van der Waals surface area contributed by atoms with Crippen LogP contribution in [0.4, 0.5) is 0 Å². The molecule has 1 unspecified atom stereocenters. The Labute approximate surface area is 91.2 Å². The normalized spacial score (nSPS) is 20.6. The van der Waals surface area contributed by atoms with Crippen molar-refractivity contribution in [2.45, 2.75) is 51.9 Å². The first kappa shape index (κ1) is 12.2. The molecule has 0 bridgehead atoms. The van der Waals surface area contributed by atoms with Gasteiger partial charge < -0.3 is 4.74 Å². The van der Waals surface area contributed by atoms with E-state index < -0.39 is 0 Å². The van der Waals surface area contributed by atoms with E-state index in [1.165, 1.54) is 12.8 Å². The summed E-state index contributed by atoms with van der Waals surface area (Å²) in [7, 11) is 0. The number of Topliss-reactive ketones (excluding diaryl/α,β-unsaturated/α-hetero) is 1. The lowest BCUT2D eigenvalue weighted by Crippen LogP contribution is -2.15. The summed E-state index contributed by atoms with van der Waals surface area (Å²) in [5.41, 5.74) is 0. The average Bonchev–Trinajstić information content (AvgIpc) is 2.64. The van der Waals surface area contributed by atoms with Gasteiger partial charge in [-0.05, 0) is 12.8 Å². The third kappa shape index (κ3) is 4.45. The zero-order chi connectivity index (χ0) is 11.1. The number of hydrogen-bond donors (Lipinski definition) is 0. The van der Waals surface area contributed by atoms with Crippen LogP contribution in [0.15, 0.2) is 0 Å². The number of esters is 1. The molecule has 0 aromatic rings. The second-order valence-electron chi connectivity index (χ2n) is 4.21. The van der Waals surface area contributed by atoms with Crippen LogP contribution in [0.2, 0.25) is 0 Å². The molecule has 3 nitrogen and oxygen atoms in total. The van der Waals surface area contributed by atoms with Crippen molar-refractivity contribution in [1.82, 2.24) is 0 Å². The number of ether oxygens (including phenoxy) is 1. The molecule has 1 aliphatic rings. The van der Waals surface area contributed by atoms with E-state index in [4.69, 9.17) is 4.74 Å². The van der Waals surface area contributed by atoms with Gasteiger partial charge in [-0.1, -0.05) is 26.2 Å². The van der Waals surface area contributed by atoms with E-state index in [0.29, 0.717) is 25.9 Å². The van der Waals surface area contributed by atoms with Gasteiger partial charge in [-0.25, -0.2) is 0 Å². The highest BCUT2D eigenvalue weighted by atomic mass is 16.5. The van der Waals surface area contributed by atoms with E-state index in [-0.39, 0.29) is 17.7 Å². The molecular formula is C12H20O3. The Morgan fingerprint density at radius 3 is 2.80 bits per heavy atom. The van der Waals surface area contributed by atoms with Crippen molar-refractivity contribution in [3.8, 4) is 0 Å². The molecule has 86 valence electrons. The summed E-state index contributed by atoms with van der Waals surface area (Å²) in [5.74, 6) is -0.121. The monoisotopic (exact) mass is 212 g/mol. The van der Waals surface area contributed by atoms with Crippen LogP contribution in [0.5, 0.6) is 0 Å². The third-order valence-electron chi connectivity index (χ3n) is 2.82. The average molecular weight is 212 g/mol. The van der Waals surface area contributed by atoms with Gasteiger partial charge in [0.2, 0.25) is 0 Å². The van der Waals surface area contributed by atoms with Gasteiger partial charge in [-0.2, -0.15) is 0 Å². The fraction of sp³-hybridized carbons (Fsp3) is 0.833. The van der Waals surface area contributed by atoms with Gasteiger partial charge in [-0.3, -0.25) is 9.59 Å². The van der Waals surface area contributed by atoms with Crippen molar-refractivity contribution in [2.24, 2.45) is 5.92 Å². The summed E-state index contributed by atoms with van der Waals surface area (Å²) in [6.45, 7) is 2.67. The standard InChI is InChI=1S/C12H20O3/c1-2-3-4-5-8-15-12(14)10-6-7-11(13)9-10/h10H,2-9H2,1H3. The topological polar surface area (TPSA) is 43.4 Å². The summed E-state index contributed by atoms with van der Waals surface area (Å²) in [6, 6.07) is 0. The summed E-state index contributed by atoms with van der Waals surface area (Å²) >= 11 is 0. The van der Waals surface area contributed by atoms with Gasteiger partial charge in [-0.15, -0.1) is 0 Å². The van der Waals surface area contributed by atoms with Gasteiger partial charge in [0, 0.05) is 12.8 Å². The predicted octanol–water partition coefficient (Wildman–Crippen LogP) is 2.48. The van der Waals surface area contributed by atoms with Crippen molar-refractivity contribution < 1.29 is 14.3 Å². The second-order valence-corrected chi connectivity index (χ2v) is 4.21. The van der Waals surface area contributed by atoms with E-state index >= 15 is 0 Å². The maximum absolute atomic E-state index is 11.4. The molecule has 1 atom stereocenters. The number of rotatable bonds is 6. The molecule has 15 heavy (non-hydrogen) atoms. The van der Waals surface area contributed by atoms with E-state index in [9.17, 15) is 9.59 Å². The maximum atomic E-state index is 11.4. The Morgan fingerprint density at radius 2 is 2.20 bits per heavy atom. The van der Waals surface area contributed by atoms with Crippen LogP contribution in [-0.2, 0) is 14.3 Å². The Bertz CT molecular complexity index is 223. The fourth-order valence-electron chi connectivity index (χ4n) is 1.83. The molecule has 0 aromatic carbocycles. The van der Waals surface area contributed by atoms with E-state index in [1.54, 1.807) is 0 Å². The van der Waals surface area contributed by atoms with Crippen LogP contribution >= 0.6 is 0 Å². The number of carbonyl (C=O) groups excluding carboxylic acids is 2. The molecule has 1 aliphatic carbocycles. The number of ketones is 1. The quantitative estimate of drug-likeness (QED) is 0.502. The fourth-order valence-corrected chi connectivity index (χ4v) is 1.83. The first-order valence-electron chi connectivity index (χ1n) is 5.92. The highest BCUT2D eigenvalue weighted by Gasteiger charge is 2.29. The molecule has 1 saturated carbocycles. The van der Waals surface area contributed by atoms with E-state index in [2.05, 4.69) is 6.92 Å². The second kappa shape index (κ2) is 6.59. The minimum atomic E-state index is -0.169. The van der Waals surface area contributed by atoms with Crippen LogP contribution in [-0.4, -0.2) is 18.4 Å².